The predicted molar refractivity (Wildman–Crippen MR) is 82.8 cm³/mol. The summed E-state index contributed by atoms with van der Waals surface area (Å²) in [6, 6.07) is 5.69. The minimum absolute atomic E-state index is 0.0264. The van der Waals surface area contributed by atoms with Gasteiger partial charge in [0.1, 0.15) is 6.04 Å². The van der Waals surface area contributed by atoms with E-state index in [0.717, 1.165) is 0 Å². The minimum atomic E-state index is -0.397. The summed E-state index contributed by atoms with van der Waals surface area (Å²) in [6.45, 7) is 8.58. The smallest absolute Gasteiger partial charge is 0.245 e. The van der Waals surface area contributed by atoms with Crippen LogP contribution in [0.1, 0.15) is 43.4 Å². The van der Waals surface area contributed by atoms with Crippen LogP contribution in [0.15, 0.2) is 18.2 Å². The topological polar surface area (TPSA) is 49.4 Å². The van der Waals surface area contributed by atoms with Crippen LogP contribution in [0, 0.1) is 13.8 Å². The van der Waals surface area contributed by atoms with Crippen molar-refractivity contribution in [1.29, 1.82) is 0 Å². The maximum Gasteiger partial charge on any atom is 0.245 e. The van der Waals surface area contributed by atoms with Crippen molar-refractivity contribution in [3.8, 4) is 0 Å². The third kappa shape index (κ3) is 3.26. The molecule has 2 atom stereocenters. The Balaban J connectivity index is 2.31. The van der Waals surface area contributed by atoms with Gasteiger partial charge in [0.05, 0.1) is 0 Å². The SMILES string of the molecule is CCC1NC(=O)CC(C)N(Cc2c(C)cccc2C)C1=O. The average Bonchev–Trinajstić information content (AvgIpc) is 2.52. The van der Waals surface area contributed by atoms with Gasteiger partial charge < -0.3 is 10.2 Å². The molecule has 0 radical (unpaired) electrons. The van der Waals surface area contributed by atoms with Gasteiger partial charge in [0.25, 0.3) is 0 Å². The molecule has 2 unspecified atom stereocenters. The number of aryl methyl sites for hydroxylation is 2. The van der Waals surface area contributed by atoms with E-state index in [9.17, 15) is 9.59 Å². The highest BCUT2D eigenvalue weighted by molar-refractivity contribution is 5.90. The van der Waals surface area contributed by atoms with Gasteiger partial charge in [-0.2, -0.15) is 0 Å². The van der Waals surface area contributed by atoms with Crippen LogP contribution in [0.25, 0.3) is 0 Å². The van der Waals surface area contributed by atoms with Crippen LogP contribution < -0.4 is 5.32 Å². The molecule has 1 heterocycles. The lowest BCUT2D eigenvalue weighted by Crippen LogP contribution is -2.45. The van der Waals surface area contributed by atoms with Gasteiger partial charge in [0.15, 0.2) is 0 Å². The van der Waals surface area contributed by atoms with Crippen molar-refractivity contribution in [2.24, 2.45) is 0 Å². The van der Waals surface area contributed by atoms with E-state index in [2.05, 4.69) is 31.3 Å². The van der Waals surface area contributed by atoms with E-state index in [-0.39, 0.29) is 17.9 Å². The summed E-state index contributed by atoms with van der Waals surface area (Å²) in [5.41, 5.74) is 3.56. The molecule has 1 N–H and O–H groups in total. The molecule has 0 aliphatic carbocycles. The Morgan fingerprint density at radius 3 is 2.43 bits per heavy atom. The van der Waals surface area contributed by atoms with Crippen molar-refractivity contribution in [1.82, 2.24) is 10.2 Å². The zero-order chi connectivity index (χ0) is 15.6. The van der Waals surface area contributed by atoms with Crippen LogP contribution in [0.3, 0.4) is 0 Å². The molecule has 21 heavy (non-hydrogen) atoms. The summed E-state index contributed by atoms with van der Waals surface area (Å²) in [5, 5.41) is 2.82. The first-order chi connectivity index (χ1) is 9.93. The molecule has 2 amide bonds. The maximum absolute atomic E-state index is 12.7. The molecule has 0 spiro atoms. The van der Waals surface area contributed by atoms with Gasteiger partial charge in [-0.25, -0.2) is 0 Å². The Hall–Kier alpha value is -1.84. The molecule has 0 bridgehead atoms. The number of nitrogens with zero attached hydrogens (tertiary/aromatic N) is 1. The minimum Gasteiger partial charge on any atom is -0.344 e. The largest absolute Gasteiger partial charge is 0.344 e. The van der Waals surface area contributed by atoms with Crippen molar-refractivity contribution in [2.75, 3.05) is 0 Å². The zero-order valence-corrected chi connectivity index (χ0v) is 13.3. The van der Waals surface area contributed by atoms with Gasteiger partial charge >= 0.3 is 0 Å². The van der Waals surface area contributed by atoms with Crippen LogP contribution in [-0.2, 0) is 16.1 Å². The van der Waals surface area contributed by atoms with Crippen LogP contribution in [0.5, 0.6) is 0 Å². The summed E-state index contributed by atoms with van der Waals surface area (Å²) < 4.78 is 0. The van der Waals surface area contributed by atoms with E-state index in [4.69, 9.17) is 0 Å². The van der Waals surface area contributed by atoms with E-state index in [1.807, 2.05) is 24.8 Å². The Morgan fingerprint density at radius 2 is 1.86 bits per heavy atom. The average molecular weight is 288 g/mol. The number of nitrogens with one attached hydrogen (secondary N) is 1. The third-order valence-electron chi connectivity index (χ3n) is 4.31. The normalized spacial score (nSPS) is 23.0. The van der Waals surface area contributed by atoms with E-state index in [0.29, 0.717) is 19.4 Å². The van der Waals surface area contributed by atoms with E-state index in [1.165, 1.54) is 16.7 Å². The van der Waals surface area contributed by atoms with Crippen molar-refractivity contribution in [2.45, 2.75) is 59.2 Å². The second kappa shape index (κ2) is 6.29. The Bertz CT molecular complexity index is 533. The second-order valence-corrected chi connectivity index (χ2v) is 5.92. The first kappa shape index (κ1) is 15.5. The molecule has 1 aromatic rings. The highest BCUT2D eigenvalue weighted by Gasteiger charge is 2.33. The number of carbonyl (C=O) groups excluding carboxylic acids is 2. The van der Waals surface area contributed by atoms with E-state index >= 15 is 0 Å². The van der Waals surface area contributed by atoms with Crippen LogP contribution >= 0.6 is 0 Å². The molecule has 4 nitrogen and oxygen atoms in total. The molecule has 1 saturated heterocycles. The summed E-state index contributed by atoms with van der Waals surface area (Å²) in [6.07, 6.45) is 0.994. The first-order valence-corrected chi connectivity index (χ1v) is 7.59. The number of hydrogen-bond donors (Lipinski definition) is 1. The molecule has 1 aliphatic rings. The van der Waals surface area contributed by atoms with Gasteiger partial charge in [-0.15, -0.1) is 0 Å². The highest BCUT2D eigenvalue weighted by atomic mass is 16.2. The molecule has 114 valence electrons. The standard InChI is InChI=1S/C17H24N2O2/c1-5-15-17(21)19(13(4)9-16(20)18-15)10-14-11(2)7-6-8-12(14)3/h6-8,13,15H,5,9-10H2,1-4H3,(H,18,20). The molecular weight excluding hydrogens is 264 g/mol. The Kier molecular flexibility index (Phi) is 4.66. The number of benzene rings is 1. The molecule has 0 aromatic heterocycles. The fraction of sp³-hybridized carbons (Fsp3) is 0.529. The quantitative estimate of drug-likeness (QED) is 0.928. The molecule has 0 saturated carbocycles. The van der Waals surface area contributed by atoms with E-state index < -0.39 is 6.04 Å². The highest BCUT2D eigenvalue weighted by Crippen LogP contribution is 2.21. The second-order valence-electron chi connectivity index (χ2n) is 5.92. The maximum atomic E-state index is 12.7. The number of hydrogen-bond acceptors (Lipinski definition) is 2. The van der Waals surface area contributed by atoms with E-state index in [1.54, 1.807) is 0 Å². The first-order valence-electron chi connectivity index (χ1n) is 7.59. The number of carbonyl (C=O) groups is 2. The monoisotopic (exact) mass is 288 g/mol. The summed E-state index contributed by atoms with van der Waals surface area (Å²) in [4.78, 5) is 26.4. The lowest BCUT2D eigenvalue weighted by Gasteiger charge is -2.29. The Labute approximate surface area is 126 Å². The lowest BCUT2D eigenvalue weighted by molar-refractivity contribution is -0.135. The molecular formula is C17H24N2O2. The zero-order valence-electron chi connectivity index (χ0n) is 13.3. The van der Waals surface area contributed by atoms with Crippen molar-refractivity contribution in [3.63, 3.8) is 0 Å². The van der Waals surface area contributed by atoms with Crippen molar-refractivity contribution < 1.29 is 9.59 Å². The third-order valence-corrected chi connectivity index (χ3v) is 4.31. The number of amides is 2. The lowest BCUT2D eigenvalue weighted by atomic mass is 10.0. The summed E-state index contributed by atoms with van der Waals surface area (Å²) >= 11 is 0. The van der Waals surface area contributed by atoms with Gasteiger partial charge in [-0.1, -0.05) is 25.1 Å². The van der Waals surface area contributed by atoms with Crippen LogP contribution in [0.4, 0.5) is 0 Å². The van der Waals surface area contributed by atoms with Crippen molar-refractivity contribution >= 4 is 11.8 Å². The van der Waals surface area contributed by atoms with Gasteiger partial charge in [0, 0.05) is 19.0 Å². The van der Waals surface area contributed by atoms with Crippen LogP contribution in [0.2, 0.25) is 0 Å². The molecule has 2 rings (SSSR count). The van der Waals surface area contributed by atoms with Gasteiger partial charge in [0.2, 0.25) is 11.8 Å². The molecule has 4 heteroatoms. The Morgan fingerprint density at radius 1 is 1.24 bits per heavy atom. The van der Waals surface area contributed by atoms with Gasteiger partial charge in [-0.3, -0.25) is 9.59 Å². The number of rotatable bonds is 3. The molecule has 1 fully saturated rings. The summed E-state index contributed by atoms with van der Waals surface area (Å²) in [7, 11) is 0. The molecule has 1 aliphatic heterocycles. The van der Waals surface area contributed by atoms with Gasteiger partial charge in [-0.05, 0) is 43.9 Å². The van der Waals surface area contributed by atoms with Crippen LogP contribution in [-0.4, -0.2) is 28.8 Å². The fourth-order valence-corrected chi connectivity index (χ4v) is 2.89. The molecule has 1 aromatic carbocycles. The fourth-order valence-electron chi connectivity index (χ4n) is 2.89. The summed E-state index contributed by atoms with van der Waals surface area (Å²) in [5.74, 6) is -0.00907. The van der Waals surface area contributed by atoms with Crippen molar-refractivity contribution in [3.05, 3.63) is 34.9 Å². The predicted octanol–water partition coefficient (Wildman–Crippen LogP) is 2.32.